The standard InChI is InChI=1S/C29H39N5O3S/c1-3-4-5-18-37-27-20-24(7-8-26(27)36-2)34-13-6-12-33(29(34)35)21-23-9-11-30-28-25(23)10-14-32(28)16-15-31-17-19-38-22-31/h7-11,14,20H,3-6,12-13,15-19,21-22H2,1-2H3. The van der Waals surface area contributed by atoms with E-state index in [1.807, 2.05) is 52.0 Å². The van der Waals surface area contributed by atoms with Crippen LogP contribution in [0, 0.1) is 0 Å². The van der Waals surface area contributed by atoms with E-state index in [2.05, 4.69) is 33.6 Å². The van der Waals surface area contributed by atoms with Gasteiger partial charge in [0.1, 0.15) is 5.65 Å². The van der Waals surface area contributed by atoms with Crippen LogP contribution in [0.5, 0.6) is 11.5 Å². The first kappa shape index (κ1) is 26.7. The summed E-state index contributed by atoms with van der Waals surface area (Å²) < 4.78 is 13.8. The Balaban J connectivity index is 1.29. The monoisotopic (exact) mass is 537 g/mol. The fraction of sp³-hybridized carbons (Fsp3) is 0.517. The van der Waals surface area contributed by atoms with Crippen LogP contribution in [0.4, 0.5) is 10.5 Å². The molecular weight excluding hydrogens is 498 g/mol. The lowest BCUT2D eigenvalue weighted by Gasteiger charge is -2.36. The highest BCUT2D eigenvalue weighted by atomic mass is 32.2. The maximum atomic E-state index is 13.6. The van der Waals surface area contributed by atoms with E-state index in [-0.39, 0.29) is 6.03 Å². The van der Waals surface area contributed by atoms with E-state index in [9.17, 15) is 4.79 Å². The van der Waals surface area contributed by atoms with Crippen LogP contribution < -0.4 is 14.4 Å². The van der Waals surface area contributed by atoms with Gasteiger partial charge in [-0.2, -0.15) is 0 Å². The molecule has 0 aliphatic carbocycles. The fourth-order valence-electron chi connectivity index (χ4n) is 5.20. The SMILES string of the molecule is CCCCCOc1cc(N2CCCN(Cc3ccnc4c3ccn4CCN3CCSC3)C2=O)ccc1OC. The third kappa shape index (κ3) is 6.04. The van der Waals surface area contributed by atoms with Crippen LogP contribution in [-0.4, -0.2) is 76.9 Å². The molecule has 0 spiro atoms. The summed E-state index contributed by atoms with van der Waals surface area (Å²) in [6, 6.07) is 10.00. The molecule has 4 heterocycles. The quantitative estimate of drug-likeness (QED) is 0.286. The van der Waals surface area contributed by atoms with Gasteiger partial charge in [-0.1, -0.05) is 19.8 Å². The minimum atomic E-state index is 0.0225. The van der Waals surface area contributed by atoms with Gasteiger partial charge in [0.25, 0.3) is 0 Å². The van der Waals surface area contributed by atoms with Gasteiger partial charge < -0.3 is 18.9 Å². The van der Waals surface area contributed by atoms with Crippen molar-refractivity contribution in [2.24, 2.45) is 0 Å². The lowest BCUT2D eigenvalue weighted by atomic mass is 10.1. The Bertz CT molecular complexity index is 1230. The molecule has 0 radical (unpaired) electrons. The number of thioether (sulfide) groups is 1. The molecule has 9 heteroatoms. The van der Waals surface area contributed by atoms with Gasteiger partial charge in [-0.25, -0.2) is 9.78 Å². The van der Waals surface area contributed by atoms with Crippen LogP contribution in [0.1, 0.15) is 38.2 Å². The van der Waals surface area contributed by atoms with E-state index in [1.54, 1.807) is 7.11 Å². The predicted octanol–water partition coefficient (Wildman–Crippen LogP) is 5.45. The highest BCUT2D eigenvalue weighted by molar-refractivity contribution is 7.99. The highest BCUT2D eigenvalue weighted by Gasteiger charge is 2.28. The molecule has 5 rings (SSSR count). The Morgan fingerprint density at radius 1 is 1.05 bits per heavy atom. The second-order valence-electron chi connectivity index (χ2n) is 9.97. The maximum absolute atomic E-state index is 13.6. The summed E-state index contributed by atoms with van der Waals surface area (Å²) in [6.45, 7) is 7.94. The number of ether oxygens (including phenoxy) is 2. The van der Waals surface area contributed by atoms with Gasteiger partial charge in [-0.05, 0) is 42.7 Å². The number of anilines is 1. The van der Waals surface area contributed by atoms with Gasteiger partial charge >= 0.3 is 6.03 Å². The molecule has 3 aromatic rings. The first-order valence-electron chi connectivity index (χ1n) is 13.8. The molecule has 2 aromatic heterocycles. The summed E-state index contributed by atoms with van der Waals surface area (Å²) in [5.41, 5.74) is 2.98. The van der Waals surface area contributed by atoms with Crippen molar-refractivity contribution in [3.8, 4) is 11.5 Å². The molecule has 0 N–H and O–H groups in total. The van der Waals surface area contributed by atoms with Gasteiger partial charge in [0.15, 0.2) is 11.5 Å². The Morgan fingerprint density at radius 3 is 2.79 bits per heavy atom. The Kier molecular flexibility index (Phi) is 8.96. The largest absolute Gasteiger partial charge is 0.493 e. The summed E-state index contributed by atoms with van der Waals surface area (Å²) in [5, 5.41) is 1.13. The summed E-state index contributed by atoms with van der Waals surface area (Å²) in [4.78, 5) is 24.6. The fourth-order valence-corrected chi connectivity index (χ4v) is 6.23. The lowest BCUT2D eigenvalue weighted by Crippen LogP contribution is -2.49. The number of unbranched alkanes of at least 4 members (excludes halogenated alkanes) is 2. The first-order valence-corrected chi connectivity index (χ1v) is 14.9. The molecule has 1 aromatic carbocycles. The van der Waals surface area contributed by atoms with E-state index < -0.39 is 0 Å². The average Bonchev–Trinajstić information content (AvgIpc) is 3.61. The number of aromatic nitrogens is 2. The second-order valence-corrected chi connectivity index (χ2v) is 11.0. The number of carbonyl (C=O) groups is 1. The lowest BCUT2D eigenvalue weighted by molar-refractivity contribution is 0.192. The number of benzene rings is 1. The minimum absolute atomic E-state index is 0.0225. The predicted molar refractivity (Wildman–Crippen MR) is 154 cm³/mol. The molecule has 0 unspecified atom stereocenters. The summed E-state index contributed by atoms with van der Waals surface area (Å²) in [5.74, 6) is 3.72. The average molecular weight is 538 g/mol. The highest BCUT2D eigenvalue weighted by Crippen LogP contribution is 2.33. The van der Waals surface area contributed by atoms with Crippen LogP contribution in [-0.2, 0) is 13.1 Å². The number of hydrogen-bond acceptors (Lipinski definition) is 6. The molecule has 2 aliphatic rings. The Morgan fingerprint density at radius 2 is 1.97 bits per heavy atom. The van der Waals surface area contributed by atoms with Crippen LogP contribution in [0.2, 0.25) is 0 Å². The zero-order valence-electron chi connectivity index (χ0n) is 22.6. The molecule has 2 fully saturated rings. The van der Waals surface area contributed by atoms with Crippen LogP contribution in [0.3, 0.4) is 0 Å². The number of hydrogen-bond donors (Lipinski definition) is 0. The van der Waals surface area contributed by atoms with Gasteiger partial charge in [0.2, 0.25) is 0 Å². The van der Waals surface area contributed by atoms with Crippen molar-refractivity contribution in [2.45, 2.75) is 45.7 Å². The smallest absolute Gasteiger partial charge is 0.324 e. The van der Waals surface area contributed by atoms with Crippen molar-refractivity contribution < 1.29 is 14.3 Å². The molecule has 0 saturated carbocycles. The van der Waals surface area contributed by atoms with Crippen molar-refractivity contribution in [3.63, 3.8) is 0 Å². The molecular formula is C29H39N5O3S. The summed E-state index contributed by atoms with van der Waals surface area (Å²) >= 11 is 2.00. The van der Waals surface area contributed by atoms with E-state index in [0.717, 1.165) is 80.0 Å². The topological polar surface area (TPSA) is 63.1 Å². The Hall–Kier alpha value is -2.91. The van der Waals surface area contributed by atoms with Crippen molar-refractivity contribution in [1.82, 2.24) is 19.4 Å². The molecule has 0 atom stereocenters. The summed E-state index contributed by atoms with van der Waals surface area (Å²) in [7, 11) is 1.65. The normalized spacial score (nSPS) is 16.5. The first-order chi connectivity index (χ1) is 18.7. The van der Waals surface area contributed by atoms with E-state index >= 15 is 0 Å². The van der Waals surface area contributed by atoms with Crippen molar-refractivity contribution in [3.05, 3.63) is 48.3 Å². The minimum Gasteiger partial charge on any atom is -0.493 e. The number of pyridine rings is 1. The number of methoxy groups -OCH3 is 1. The molecule has 38 heavy (non-hydrogen) atoms. The van der Waals surface area contributed by atoms with Crippen molar-refractivity contribution in [2.75, 3.05) is 56.4 Å². The third-order valence-electron chi connectivity index (χ3n) is 7.37. The number of urea groups is 1. The molecule has 2 saturated heterocycles. The van der Waals surface area contributed by atoms with E-state index in [0.29, 0.717) is 31.2 Å². The molecule has 2 amide bonds. The van der Waals surface area contributed by atoms with Gasteiger partial charge in [-0.3, -0.25) is 9.80 Å². The molecule has 8 nitrogen and oxygen atoms in total. The zero-order chi connectivity index (χ0) is 26.3. The van der Waals surface area contributed by atoms with Crippen molar-refractivity contribution in [1.29, 1.82) is 0 Å². The summed E-state index contributed by atoms with van der Waals surface area (Å²) in [6.07, 6.45) is 8.19. The number of fused-ring (bicyclic) bond motifs is 1. The Labute approximate surface area is 229 Å². The molecule has 2 aliphatic heterocycles. The molecule has 204 valence electrons. The van der Waals surface area contributed by atoms with Gasteiger partial charge in [0, 0.05) is 80.4 Å². The molecule has 0 bridgehead atoms. The van der Waals surface area contributed by atoms with Gasteiger partial charge in [-0.15, -0.1) is 11.8 Å². The third-order valence-corrected chi connectivity index (χ3v) is 8.39. The van der Waals surface area contributed by atoms with Crippen LogP contribution in [0.25, 0.3) is 11.0 Å². The zero-order valence-corrected chi connectivity index (χ0v) is 23.4. The number of nitrogens with zero attached hydrogens (tertiary/aromatic N) is 5. The van der Waals surface area contributed by atoms with E-state index in [4.69, 9.17) is 9.47 Å². The van der Waals surface area contributed by atoms with Gasteiger partial charge in [0.05, 0.1) is 13.7 Å². The van der Waals surface area contributed by atoms with Crippen molar-refractivity contribution >= 4 is 34.5 Å². The van der Waals surface area contributed by atoms with Crippen LogP contribution in [0.15, 0.2) is 42.7 Å². The number of amides is 2. The van der Waals surface area contributed by atoms with E-state index in [1.165, 1.54) is 5.75 Å². The number of carbonyl (C=O) groups excluding carboxylic acids is 1. The maximum Gasteiger partial charge on any atom is 0.324 e. The second kappa shape index (κ2) is 12.8. The van der Waals surface area contributed by atoms with Crippen LogP contribution >= 0.6 is 11.8 Å². The number of rotatable bonds is 12.